The molecule has 3 aromatic rings. The Morgan fingerprint density at radius 2 is 1.64 bits per heavy atom. The van der Waals surface area contributed by atoms with Crippen LogP contribution >= 0.6 is 11.6 Å². The fourth-order valence-corrected chi connectivity index (χ4v) is 3.99. The number of benzene rings is 3. The van der Waals surface area contributed by atoms with E-state index in [4.69, 9.17) is 21.4 Å². The van der Waals surface area contributed by atoms with E-state index in [1.165, 1.54) is 12.1 Å². The van der Waals surface area contributed by atoms with E-state index < -0.39 is 12.1 Å². The Hall–Kier alpha value is -3.48. The number of hydrogen-bond acceptors (Lipinski definition) is 5. The number of ether oxygens (including phenoxy) is 1. The monoisotopic (exact) mass is 461 g/mol. The molecule has 168 valence electrons. The third kappa shape index (κ3) is 5.13. The molecule has 0 radical (unpaired) electrons. The fraction of sp³-hybridized carbons (Fsp3) is 0.192. The molecule has 1 aliphatic heterocycles. The van der Waals surface area contributed by atoms with E-state index in [0.717, 1.165) is 16.7 Å². The van der Waals surface area contributed by atoms with Crippen molar-refractivity contribution in [2.75, 3.05) is 13.7 Å². The van der Waals surface area contributed by atoms with Crippen LogP contribution in [0.15, 0.2) is 84.0 Å². The van der Waals surface area contributed by atoms with Gasteiger partial charge in [-0.1, -0.05) is 66.2 Å². The predicted octanol–water partition coefficient (Wildman–Crippen LogP) is 4.89. The lowest BCUT2D eigenvalue weighted by Crippen LogP contribution is -2.29. The minimum atomic E-state index is -0.411. The Morgan fingerprint density at radius 1 is 1.00 bits per heavy atom. The van der Waals surface area contributed by atoms with E-state index in [-0.39, 0.29) is 12.5 Å². The van der Waals surface area contributed by atoms with Gasteiger partial charge in [0.25, 0.3) is 5.91 Å². The smallest absolute Gasteiger partial charge is 0.337 e. The summed E-state index contributed by atoms with van der Waals surface area (Å²) in [4.78, 5) is 27.0. The molecule has 33 heavy (non-hydrogen) atoms. The van der Waals surface area contributed by atoms with E-state index in [1.807, 2.05) is 61.5 Å². The van der Waals surface area contributed by atoms with Gasteiger partial charge in [0.15, 0.2) is 0 Å². The molecule has 1 heterocycles. The van der Waals surface area contributed by atoms with E-state index in [9.17, 15) is 9.59 Å². The van der Waals surface area contributed by atoms with E-state index in [2.05, 4.69) is 4.90 Å². The van der Waals surface area contributed by atoms with Crippen molar-refractivity contribution in [1.29, 1.82) is 0 Å². The van der Waals surface area contributed by atoms with Crippen LogP contribution in [0.3, 0.4) is 0 Å². The molecular weight excluding hydrogens is 438 g/mol. The van der Waals surface area contributed by atoms with Gasteiger partial charge < -0.3 is 4.74 Å². The van der Waals surface area contributed by atoms with Crippen LogP contribution in [0.5, 0.6) is 0 Å². The van der Waals surface area contributed by atoms with Crippen molar-refractivity contribution in [1.82, 2.24) is 9.91 Å². The summed E-state index contributed by atoms with van der Waals surface area (Å²) >= 11 is 6.01. The molecule has 0 aliphatic carbocycles. The van der Waals surface area contributed by atoms with Gasteiger partial charge in [0.05, 0.1) is 24.9 Å². The van der Waals surface area contributed by atoms with Gasteiger partial charge in [-0.3, -0.25) is 9.69 Å². The number of carbonyl (C=O) groups excluding carboxylic acids is 2. The Balaban J connectivity index is 1.70. The first-order chi connectivity index (χ1) is 16.0. The maximum atomic E-state index is 13.1. The Labute approximate surface area is 198 Å². The summed E-state index contributed by atoms with van der Waals surface area (Å²) in [6.07, 6.45) is -0.411. The Morgan fingerprint density at radius 3 is 2.27 bits per heavy atom. The summed E-state index contributed by atoms with van der Waals surface area (Å²) in [5.74, 6) is -0.500. The van der Waals surface area contributed by atoms with E-state index in [0.29, 0.717) is 22.8 Å². The van der Waals surface area contributed by atoms with Crippen molar-refractivity contribution < 1.29 is 14.3 Å². The third-order valence-corrected chi connectivity index (χ3v) is 5.80. The van der Waals surface area contributed by atoms with Gasteiger partial charge in [0.1, 0.15) is 6.17 Å². The third-order valence-electron chi connectivity index (χ3n) is 5.55. The molecule has 0 N–H and O–H groups in total. The highest BCUT2D eigenvalue weighted by Gasteiger charge is 2.39. The Bertz CT molecular complexity index is 1160. The van der Waals surface area contributed by atoms with Crippen LogP contribution in [-0.2, 0) is 16.1 Å². The second kappa shape index (κ2) is 9.98. The highest BCUT2D eigenvalue weighted by molar-refractivity contribution is 6.30. The molecule has 1 amide bonds. The number of methoxy groups -OCH3 is 1. The zero-order chi connectivity index (χ0) is 23.4. The molecule has 0 spiro atoms. The predicted molar refractivity (Wildman–Crippen MR) is 128 cm³/mol. The van der Waals surface area contributed by atoms with Gasteiger partial charge in [-0.15, -0.1) is 0 Å². The van der Waals surface area contributed by atoms with Gasteiger partial charge in [-0.25, -0.2) is 9.80 Å². The Kier molecular flexibility index (Phi) is 6.87. The molecule has 4 rings (SSSR count). The summed E-state index contributed by atoms with van der Waals surface area (Å²) in [7, 11) is 1.35. The lowest BCUT2D eigenvalue weighted by atomic mass is 10.1. The van der Waals surface area contributed by atoms with Gasteiger partial charge in [-0.05, 0) is 47.9 Å². The number of carbonyl (C=O) groups is 2. The van der Waals surface area contributed by atoms with Crippen LogP contribution < -0.4 is 0 Å². The van der Waals surface area contributed by atoms with Crippen LogP contribution in [0.25, 0.3) is 0 Å². The maximum absolute atomic E-state index is 13.1. The summed E-state index contributed by atoms with van der Waals surface area (Å²) in [6, 6.07) is 24.4. The largest absolute Gasteiger partial charge is 0.465 e. The molecule has 7 heteroatoms. The number of halogens is 1. The van der Waals surface area contributed by atoms with Gasteiger partial charge in [0, 0.05) is 11.6 Å². The number of esters is 1. The highest BCUT2D eigenvalue weighted by atomic mass is 35.5. The van der Waals surface area contributed by atoms with Crippen LogP contribution in [0, 0.1) is 0 Å². The molecule has 3 aromatic carbocycles. The topological polar surface area (TPSA) is 62.2 Å². The van der Waals surface area contributed by atoms with Crippen molar-refractivity contribution in [3.8, 4) is 0 Å². The summed E-state index contributed by atoms with van der Waals surface area (Å²) in [5.41, 5.74) is 4.00. The van der Waals surface area contributed by atoms with Crippen molar-refractivity contribution in [3.63, 3.8) is 0 Å². The first kappa shape index (κ1) is 22.7. The molecule has 0 aromatic heterocycles. The lowest BCUT2D eigenvalue weighted by molar-refractivity contribution is -0.128. The second-order valence-electron chi connectivity index (χ2n) is 7.81. The first-order valence-corrected chi connectivity index (χ1v) is 10.9. The van der Waals surface area contributed by atoms with Crippen LogP contribution in [0.1, 0.15) is 40.1 Å². The van der Waals surface area contributed by atoms with Crippen LogP contribution in [0.4, 0.5) is 0 Å². The lowest BCUT2D eigenvalue weighted by Gasteiger charge is -2.28. The molecule has 1 atom stereocenters. The van der Waals surface area contributed by atoms with Crippen molar-refractivity contribution in [2.45, 2.75) is 19.6 Å². The zero-order valence-corrected chi connectivity index (χ0v) is 19.2. The maximum Gasteiger partial charge on any atom is 0.337 e. The number of rotatable bonds is 6. The number of hydrogen-bond donors (Lipinski definition) is 0. The normalized spacial score (nSPS) is 16.8. The molecule has 1 saturated heterocycles. The molecule has 1 fully saturated rings. The average Bonchev–Trinajstić information content (AvgIpc) is 3.13. The quantitative estimate of drug-likeness (QED) is 0.387. The molecular formula is C26H24ClN3O3. The number of amides is 1. The second-order valence-corrected chi connectivity index (χ2v) is 8.24. The standard InChI is InChI=1S/C26H24ClN3O3/c1-18(20-12-14-23(27)15-13-20)28-30-24(31)17-29(16-19-6-4-3-5-7-19)25(30)21-8-10-22(11-9-21)26(32)33-2/h3-15,25H,16-17H2,1-2H3. The average molecular weight is 462 g/mol. The van der Waals surface area contributed by atoms with Crippen molar-refractivity contribution >= 4 is 29.2 Å². The van der Waals surface area contributed by atoms with Gasteiger partial charge in [-0.2, -0.15) is 5.10 Å². The van der Waals surface area contributed by atoms with Crippen LogP contribution in [-0.4, -0.2) is 41.2 Å². The summed E-state index contributed by atoms with van der Waals surface area (Å²) < 4.78 is 4.80. The summed E-state index contributed by atoms with van der Waals surface area (Å²) in [5, 5.41) is 6.87. The van der Waals surface area contributed by atoms with Gasteiger partial charge >= 0.3 is 5.97 Å². The highest BCUT2D eigenvalue weighted by Crippen LogP contribution is 2.33. The molecule has 0 saturated carbocycles. The van der Waals surface area contributed by atoms with Crippen molar-refractivity contribution in [3.05, 3.63) is 106 Å². The number of nitrogens with zero attached hydrogens (tertiary/aromatic N) is 3. The van der Waals surface area contributed by atoms with Gasteiger partial charge in [0.2, 0.25) is 0 Å². The minimum absolute atomic E-state index is 0.0960. The molecule has 6 nitrogen and oxygen atoms in total. The van der Waals surface area contributed by atoms with Crippen LogP contribution in [0.2, 0.25) is 5.02 Å². The summed E-state index contributed by atoms with van der Waals surface area (Å²) in [6.45, 7) is 2.69. The van der Waals surface area contributed by atoms with Crippen molar-refractivity contribution in [2.24, 2.45) is 5.10 Å². The SMILES string of the molecule is COC(=O)c1ccc(C2N(Cc3ccccc3)CC(=O)N2N=C(C)c2ccc(Cl)cc2)cc1. The zero-order valence-electron chi connectivity index (χ0n) is 18.4. The molecule has 1 aliphatic rings. The first-order valence-electron chi connectivity index (χ1n) is 10.6. The fourth-order valence-electron chi connectivity index (χ4n) is 3.87. The van der Waals surface area contributed by atoms with E-state index >= 15 is 0 Å². The number of hydrazone groups is 1. The molecule has 0 bridgehead atoms. The minimum Gasteiger partial charge on any atom is -0.465 e. The molecule has 1 unspecified atom stereocenters. The van der Waals surface area contributed by atoms with E-state index in [1.54, 1.807) is 24.3 Å².